The molecule has 1 fully saturated rings. The Kier molecular flexibility index (Phi) is 6.33. The molecular formula is C30H33N3O2. The van der Waals surface area contributed by atoms with E-state index in [1.165, 1.54) is 0 Å². The van der Waals surface area contributed by atoms with Crippen molar-refractivity contribution in [1.82, 2.24) is 9.55 Å². The van der Waals surface area contributed by atoms with Crippen LogP contribution >= 0.6 is 0 Å². The highest BCUT2D eigenvalue weighted by Gasteiger charge is 2.35. The normalized spacial score (nSPS) is 15.8. The number of anilines is 1. The Morgan fingerprint density at radius 1 is 0.943 bits per heavy atom. The molecule has 1 atom stereocenters. The van der Waals surface area contributed by atoms with Crippen molar-refractivity contribution in [3.63, 3.8) is 0 Å². The van der Waals surface area contributed by atoms with Gasteiger partial charge < -0.3 is 14.2 Å². The van der Waals surface area contributed by atoms with Crippen molar-refractivity contribution in [2.24, 2.45) is 0 Å². The summed E-state index contributed by atoms with van der Waals surface area (Å²) in [6, 6.07) is 20.8. The first-order valence-electron chi connectivity index (χ1n) is 12.4. The van der Waals surface area contributed by atoms with E-state index in [1.807, 2.05) is 11.0 Å². The number of aryl methyl sites for hydroxylation is 5. The minimum absolute atomic E-state index is 0.0642. The molecule has 1 saturated heterocycles. The molecule has 0 bridgehead atoms. The lowest BCUT2D eigenvalue weighted by Crippen LogP contribution is -2.25. The first kappa shape index (κ1) is 23.2. The van der Waals surface area contributed by atoms with Crippen molar-refractivity contribution in [1.29, 1.82) is 0 Å². The zero-order valence-corrected chi connectivity index (χ0v) is 21.0. The molecule has 0 radical (unpaired) electrons. The fraction of sp³-hybridized carbons (Fsp3) is 0.333. The second-order valence-corrected chi connectivity index (χ2v) is 9.73. The van der Waals surface area contributed by atoms with Crippen LogP contribution in [0.15, 0.2) is 60.7 Å². The van der Waals surface area contributed by atoms with Gasteiger partial charge in [0.15, 0.2) is 0 Å². The highest BCUT2D eigenvalue weighted by Crippen LogP contribution is 2.35. The maximum Gasteiger partial charge on any atom is 0.227 e. The largest absolute Gasteiger partial charge is 0.493 e. The van der Waals surface area contributed by atoms with Crippen molar-refractivity contribution in [2.75, 3.05) is 18.1 Å². The van der Waals surface area contributed by atoms with Crippen molar-refractivity contribution in [2.45, 2.75) is 53.0 Å². The first-order valence-corrected chi connectivity index (χ1v) is 12.4. The van der Waals surface area contributed by atoms with Crippen LogP contribution in [-0.2, 0) is 11.3 Å². The zero-order valence-electron chi connectivity index (χ0n) is 21.0. The van der Waals surface area contributed by atoms with Crippen LogP contribution in [0.4, 0.5) is 5.69 Å². The van der Waals surface area contributed by atoms with E-state index in [1.54, 1.807) is 0 Å². The first-order chi connectivity index (χ1) is 16.9. The third-order valence-electron chi connectivity index (χ3n) is 7.01. The van der Waals surface area contributed by atoms with E-state index in [-0.39, 0.29) is 11.8 Å². The molecule has 3 aromatic carbocycles. The summed E-state index contributed by atoms with van der Waals surface area (Å²) < 4.78 is 8.46. The van der Waals surface area contributed by atoms with E-state index >= 15 is 0 Å². The summed E-state index contributed by atoms with van der Waals surface area (Å²) in [6.45, 7) is 10.4. The fourth-order valence-electron chi connectivity index (χ4n) is 5.19. The zero-order chi connectivity index (χ0) is 24.5. The molecular weight excluding hydrogens is 434 g/mol. The number of carbonyl (C=O) groups is 1. The maximum atomic E-state index is 13.1. The van der Waals surface area contributed by atoms with Gasteiger partial charge in [0, 0.05) is 31.1 Å². The van der Waals surface area contributed by atoms with Crippen molar-refractivity contribution >= 4 is 22.6 Å². The Morgan fingerprint density at radius 3 is 2.51 bits per heavy atom. The second kappa shape index (κ2) is 9.57. The number of imidazole rings is 1. The summed E-state index contributed by atoms with van der Waals surface area (Å²) in [7, 11) is 0. The van der Waals surface area contributed by atoms with Crippen LogP contribution in [0.1, 0.15) is 46.8 Å². The van der Waals surface area contributed by atoms with Crippen LogP contribution in [-0.4, -0.2) is 28.6 Å². The average Bonchev–Trinajstić information content (AvgIpc) is 3.40. The number of benzene rings is 3. The fourth-order valence-corrected chi connectivity index (χ4v) is 5.19. The van der Waals surface area contributed by atoms with Gasteiger partial charge in [0.2, 0.25) is 5.91 Å². The predicted octanol–water partition coefficient (Wildman–Crippen LogP) is 6.26. The van der Waals surface area contributed by atoms with Gasteiger partial charge in [0.25, 0.3) is 0 Å². The summed E-state index contributed by atoms with van der Waals surface area (Å²) in [5, 5.41) is 0. The second-order valence-electron chi connectivity index (χ2n) is 9.73. The molecule has 5 nitrogen and oxygen atoms in total. The summed E-state index contributed by atoms with van der Waals surface area (Å²) in [5.41, 5.74) is 7.73. The monoisotopic (exact) mass is 467 g/mol. The number of fused-ring (bicyclic) bond motifs is 1. The molecule has 0 aliphatic carbocycles. The number of para-hydroxylation sites is 3. The minimum atomic E-state index is 0.0642. The molecule has 0 saturated carbocycles. The number of rotatable bonds is 7. The molecule has 0 N–H and O–H groups in total. The lowest BCUT2D eigenvalue weighted by molar-refractivity contribution is -0.117. The molecule has 1 unspecified atom stereocenters. The number of hydrogen-bond donors (Lipinski definition) is 0. The summed E-state index contributed by atoms with van der Waals surface area (Å²) in [6.07, 6.45) is 1.35. The van der Waals surface area contributed by atoms with E-state index in [0.29, 0.717) is 19.6 Å². The smallest absolute Gasteiger partial charge is 0.227 e. The van der Waals surface area contributed by atoms with Crippen LogP contribution in [0, 0.1) is 27.7 Å². The van der Waals surface area contributed by atoms with Gasteiger partial charge in [-0.3, -0.25) is 4.79 Å². The number of hydrogen-bond acceptors (Lipinski definition) is 3. The quantitative estimate of drug-likeness (QED) is 0.301. The Morgan fingerprint density at radius 2 is 1.71 bits per heavy atom. The average molecular weight is 468 g/mol. The van der Waals surface area contributed by atoms with Gasteiger partial charge in [-0.1, -0.05) is 42.5 Å². The third kappa shape index (κ3) is 4.55. The summed E-state index contributed by atoms with van der Waals surface area (Å²) in [4.78, 5) is 20.0. The van der Waals surface area contributed by atoms with Crippen LogP contribution in [0.25, 0.3) is 11.0 Å². The van der Waals surface area contributed by atoms with Gasteiger partial charge in [-0.05, 0) is 74.6 Å². The predicted molar refractivity (Wildman–Crippen MR) is 141 cm³/mol. The van der Waals surface area contributed by atoms with Gasteiger partial charge in [-0.25, -0.2) is 4.98 Å². The van der Waals surface area contributed by atoms with Gasteiger partial charge in [0.05, 0.1) is 17.6 Å². The molecule has 4 aromatic rings. The lowest BCUT2D eigenvalue weighted by atomic mass is 10.1. The molecule has 1 aromatic heterocycles. The number of aromatic nitrogens is 2. The Balaban J connectivity index is 1.37. The number of nitrogens with zero attached hydrogens (tertiary/aromatic N) is 3. The van der Waals surface area contributed by atoms with Gasteiger partial charge in [-0.2, -0.15) is 0 Å². The number of amides is 1. The topological polar surface area (TPSA) is 47.4 Å². The molecule has 180 valence electrons. The Bertz CT molecular complexity index is 1370. The summed E-state index contributed by atoms with van der Waals surface area (Å²) >= 11 is 0. The SMILES string of the molecule is Cc1ccc(C)c(N2CC(c3nc4ccccc4n3CCCOc3c(C)cccc3C)CC2=O)c1. The van der Waals surface area contributed by atoms with Gasteiger partial charge >= 0.3 is 0 Å². The molecule has 5 rings (SSSR count). The third-order valence-corrected chi connectivity index (χ3v) is 7.01. The Labute approximate surface area is 207 Å². The molecule has 35 heavy (non-hydrogen) atoms. The van der Waals surface area contributed by atoms with Crippen LogP contribution in [0.2, 0.25) is 0 Å². The maximum absolute atomic E-state index is 13.1. The molecule has 5 heteroatoms. The molecule has 0 spiro atoms. The Hall–Kier alpha value is -3.60. The molecule has 1 aliphatic rings. The van der Waals surface area contributed by atoms with Crippen molar-refractivity contribution in [3.8, 4) is 5.75 Å². The van der Waals surface area contributed by atoms with E-state index in [9.17, 15) is 4.79 Å². The van der Waals surface area contributed by atoms with Crippen molar-refractivity contribution in [3.05, 3.63) is 88.7 Å². The van der Waals surface area contributed by atoms with E-state index in [2.05, 4.69) is 86.9 Å². The standard InChI is InChI=1S/C30H33N3O2/c1-20-13-14-21(2)27(17-20)33-19-24(18-28(33)34)30-31-25-11-5-6-12-26(25)32(30)15-8-16-35-29-22(3)9-7-10-23(29)4/h5-7,9-14,17,24H,8,15-16,18-19H2,1-4H3. The molecule has 1 amide bonds. The number of carbonyl (C=O) groups excluding carboxylic acids is 1. The van der Waals surface area contributed by atoms with Gasteiger partial charge in [-0.15, -0.1) is 0 Å². The van der Waals surface area contributed by atoms with Gasteiger partial charge in [0.1, 0.15) is 11.6 Å². The molecule has 1 aliphatic heterocycles. The minimum Gasteiger partial charge on any atom is -0.493 e. The van der Waals surface area contributed by atoms with Crippen LogP contribution in [0.5, 0.6) is 5.75 Å². The highest BCUT2D eigenvalue weighted by molar-refractivity contribution is 5.97. The molecule has 2 heterocycles. The number of ether oxygens (including phenoxy) is 1. The van der Waals surface area contributed by atoms with Crippen LogP contribution in [0.3, 0.4) is 0 Å². The lowest BCUT2D eigenvalue weighted by Gasteiger charge is -2.20. The summed E-state index contributed by atoms with van der Waals surface area (Å²) in [5.74, 6) is 2.21. The van der Waals surface area contributed by atoms with E-state index in [0.717, 1.165) is 63.5 Å². The highest BCUT2D eigenvalue weighted by atomic mass is 16.5. The van der Waals surface area contributed by atoms with Crippen LogP contribution < -0.4 is 9.64 Å². The van der Waals surface area contributed by atoms with E-state index in [4.69, 9.17) is 9.72 Å². The van der Waals surface area contributed by atoms with Crippen molar-refractivity contribution < 1.29 is 9.53 Å². The van der Waals surface area contributed by atoms with E-state index < -0.39 is 0 Å².